The van der Waals surface area contributed by atoms with Crippen molar-refractivity contribution in [2.45, 2.75) is 35.8 Å². The molecule has 1 fully saturated rings. The Balaban J connectivity index is 2.17. The van der Waals surface area contributed by atoms with Crippen LogP contribution in [0.15, 0.2) is 27.6 Å². The number of carboxylic acids is 1. The van der Waals surface area contributed by atoms with E-state index in [1.54, 1.807) is 23.9 Å². The summed E-state index contributed by atoms with van der Waals surface area (Å²) >= 11 is 5.27. The van der Waals surface area contributed by atoms with Crippen LogP contribution < -0.4 is 0 Å². The molecule has 1 saturated carbocycles. The number of thioether (sulfide) groups is 1. The number of halogens is 1. The lowest BCUT2D eigenvalue weighted by atomic mass is 10.2. The first-order valence-corrected chi connectivity index (χ1v) is 7.03. The van der Waals surface area contributed by atoms with Crippen LogP contribution in [0.1, 0.15) is 36.0 Å². The molecule has 0 aromatic heterocycles. The van der Waals surface area contributed by atoms with E-state index in [-0.39, 0.29) is 0 Å². The molecule has 1 aromatic carbocycles. The van der Waals surface area contributed by atoms with Crippen LogP contribution in [0.2, 0.25) is 0 Å². The maximum atomic E-state index is 10.9. The molecule has 0 aliphatic heterocycles. The van der Waals surface area contributed by atoms with Gasteiger partial charge < -0.3 is 5.11 Å². The Labute approximate surface area is 108 Å². The fourth-order valence-corrected chi connectivity index (χ4v) is 3.74. The Bertz CT molecular complexity index is 400. The van der Waals surface area contributed by atoms with Crippen molar-refractivity contribution in [1.29, 1.82) is 0 Å². The number of carboxylic acid groups (broad SMARTS) is 1. The topological polar surface area (TPSA) is 37.3 Å². The van der Waals surface area contributed by atoms with Gasteiger partial charge in [0.25, 0.3) is 0 Å². The van der Waals surface area contributed by atoms with Crippen LogP contribution >= 0.6 is 27.7 Å². The monoisotopic (exact) mass is 300 g/mol. The Morgan fingerprint density at radius 3 is 2.69 bits per heavy atom. The third-order valence-electron chi connectivity index (χ3n) is 2.77. The van der Waals surface area contributed by atoms with Crippen molar-refractivity contribution in [3.8, 4) is 0 Å². The molecular formula is C12H13BrO2S. The molecule has 1 aliphatic carbocycles. The van der Waals surface area contributed by atoms with E-state index < -0.39 is 5.97 Å². The zero-order chi connectivity index (χ0) is 11.5. The largest absolute Gasteiger partial charge is 0.478 e. The lowest BCUT2D eigenvalue weighted by Crippen LogP contribution is -1.98. The van der Waals surface area contributed by atoms with Gasteiger partial charge in [-0.1, -0.05) is 12.8 Å². The first-order chi connectivity index (χ1) is 7.66. The summed E-state index contributed by atoms with van der Waals surface area (Å²) in [6.07, 6.45) is 5.09. The summed E-state index contributed by atoms with van der Waals surface area (Å²) in [6, 6.07) is 5.21. The zero-order valence-corrected chi connectivity index (χ0v) is 11.2. The molecular weight excluding hydrogens is 288 g/mol. The van der Waals surface area contributed by atoms with E-state index in [1.165, 1.54) is 25.7 Å². The van der Waals surface area contributed by atoms with Gasteiger partial charge >= 0.3 is 5.97 Å². The first kappa shape index (κ1) is 12.0. The molecule has 2 nitrogen and oxygen atoms in total. The van der Waals surface area contributed by atoms with Crippen LogP contribution in [-0.2, 0) is 0 Å². The molecule has 0 bridgehead atoms. The molecule has 0 amide bonds. The van der Waals surface area contributed by atoms with Gasteiger partial charge in [-0.05, 0) is 47.0 Å². The summed E-state index contributed by atoms with van der Waals surface area (Å²) < 4.78 is 0.995. The smallest absolute Gasteiger partial charge is 0.335 e. The van der Waals surface area contributed by atoms with Crippen molar-refractivity contribution < 1.29 is 9.90 Å². The van der Waals surface area contributed by atoms with Crippen molar-refractivity contribution in [2.24, 2.45) is 0 Å². The van der Waals surface area contributed by atoms with Crippen molar-refractivity contribution >= 4 is 33.7 Å². The summed E-state index contributed by atoms with van der Waals surface area (Å²) in [7, 11) is 0. The molecule has 86 valence electrons. The van der Waals surface area contributed by atoms with Gasteiger partial charge in [0.2, 0.25) is 0 Å². The Morgan fingerprint density at radius 2 is 2.06 bits per heavy atom. The number of hydrogen-bond donors (Lipinski definition) is 1. The minimum atomic E-state index is -0.860. The zero-order valence-electron chi connectivity index (χ0n) is 8.78. The average Bonchev–Trinajstić information content (AvgIpc) is 2.73. The quantitative estimate of drug-likeness (QED) is 0.910. The van der Waals surface area contributed by atoms with E-state index in [4.69, 9.17) is 5.11 Å². The van der Waals surface area contributed by atoms with Gasteiger partial charge in [0.15, 0.2) is 0 Å². The number of rotatable bonds is 3. The summed E-state index contributed by atoms with van der Waals surface area (Å²) in [6.45, 7) is 0. The Morgan fingerprint density at radius 1 is 1.38 bits per heavy atom. The summed E-state index contributed by atoms with van der Waals surface area (Å²) in [5, 5.41) is 9.59. The van der Waals surface area contributed by atoms with Gasteiger partial charge in [-0.15, -0.1) is 11.8 Å². The predicted octanol–water partition coefficient (Wildman–Crippen LogP) is 4.18. The second-order valence-corrected chi connectivity index (χ2v) is 6.17. The van der Waals surface area contributed by atoms with Crippen LogP contribution in [0, 0.1) is 0 Å². The van der Waals surface area contributed by atoms with E-state index in [1.807, 2.05) is 6.07 Å². The molecule has 1 aromatic rings. The second-order valence-electron chi connectivity index (χ2n) is 3.97. The normalized spacial score (nSPS) is 16.6. The lowest BCUT2D eigenvalue weighted by molar-refractivity contribution is 0.0696. The maximum Gasteiger partial charge on any atom is 0.335 e. The van der Waals surface area contributed by atoms with Crippen molar-refractivity contribution in [3.63, 3.8) is 0 Å². The highest BCUT2D eigenvalue weighted by atomic mass is 79.9. The van der Waals surface area contributed by atoms with E-state index in [0.717, 1.165) is 9.37 Å². The van der Waals surface area contributed by atoms with Crippen LogP contribution in [0.5, 0.6) is 0 Å². The highest BCUT2D eigenvalue weighted by Gasteiger charge is 2.18. The minimum absolute atomic E-state index is 0.365. The summed E-state index contributed by atoms with van der Waals surface area (Å²) in [5.41, 5.74) is 0.365. The summed E-state index contributed by atoms with van der Waals surface area (Å²) in [5.74, 6) is -0.860. The van der Waals surface area contributed by atoms with E-state index in [9.17, 15) is 4.79 Å². The van der Waals surface area contributed by atoms with Gasteiger partial charge in [-0.25, -0.2) is 4.79 Å². The predicted molar refractivity (Wildman–Crippen MR) is 69.2 cm³/mol. The van der Waals surface area contributed by atoms with Gasteiger partial charge in [0.05, 0.1) is 5.56 Å². The third kappa shape index (κ3) is 2.80. The standard InChI is InChI=1S/C12H13BrO2S/c13-10-6-5-8(12(14)15)7-11(10)16-9-3-1-2-4-9/h5-7,9H,1-4H2,(H,14,15). The maximum absolute atomic E-state index is 10.9. The van der Waals surface area contributed by atoms with E-state index in [2.05, 4.69) is 15.9 Å². The fourth-order valence-electron chi connectivity index (χ4n) is 1.91. The minimum Gasteiger partial charge on any atom is -0.478 e. The molecule has 0 atom stereocenters. The Hall–Kier alpha value is -0.480. The van der Waals surface area contributed by atoms with Crippen LogP contribution in [-0.4, -0.2) is 16.3 Å². The highest BCUT2D eigenvalue weighted by molar-refractivity contribution is 9.10. The van der Waals surface area contributed by atoms with Gasteiger partial charge in [0, 0.05) is 14.6 Å². The van der Waals surface area contributed by atoms with Crippen molar-refractivity contribution in [1.82, 2.24) is 0 Å². The first-order valence-electron chi connectivity index (χ1n) is 5.36. The highest BCUT2D eigenvalue weighted by Crippen LogP contribution is 2.38. The number of aromatic carboxylic acids is 1. The third-order valence-corrected chi connectivity index (χ3v) is 5.12. The second kappa shape index (κ2) is 5.23. The fraction of sp³-hybridized carbons (Fsp3) is 0.417. The van der Waals surface area contributed by atoms with Crippen molar-refractivity contribution in [2.75, 3.05) is 0 Å². The number of hydrogen-bond acceptors (Lipinski definition) is 2. The average molecular weight is 301 g/mol. The van der Waals surface area contributed by atoms with E-state index >= 15 is 0 Å². The molecule has 0 radical (unpaired) electrons. The van der Waals surface area contributed by atoms with Gasteiger partial charge in [0.1, 0.15) is 0 Å². The molecule has 0 unspecified atom stereocenters. The summed E-state index contributed by atoms with van der Waals surface area (Å²) in [4.78, 5) is 11.9. The SMILES string of the molecule is O=C(O)c1ccc(Br)c(SC2CCCC2)c1. The lowest BCUT2D eigenvalue weighted by Gasteiger charge is -2.10. The van der Waals surface area contributed by atoms with Crippen molar-refractivity contribution in [3.05, 3.63) is 28.2 Å². The molecule has 1 aliphatic rings. The van der Waals surface area contributed by atoms with Crippen LogP contribution in [0.4, 0.5) is 0 Å². The molecule has 2 rings (SSSR count). The molecule has 16 heavy (non-hydrogen) atoms. The molecule has 0 heterocycles. The molecule has 1 N–H and O–H groups in total. The van der Waals surface area contributed by atoms with Gasteiger partial charge in [-0.2, -0.15) is 0 Å². The number of carbonyl (C=O) groups is 1. The molecule has 4 heteroatoms. The number of benzene rings is 1. The molecule has 0 spiro atoms. The van der Waals surface area contributed by atoms with Crippen LogP contribution in [0.3, 0.4) is 0 Å². The Kier molecular flexibility index (Phi) is 3.92. The van der Waals surface area contributed by atoms with Crippen LogP contribution in [0.25, 0.3) is 0 Å². The van der Waals surface area contributed by atoms with E-state index in [0.29, 0.717) is 10.8 Å². The molecule has 0 saturated heterocycles. The van der Waals surface area contributed by atoms with Gasteiger partial charge in [-0.3, -0.25) is 0 Å².